The van der Waals surface area contributed by atoms with Crippen molar-refractivity contribution in [3.63, 3.8) is 0 Å². The Bertz CT molecular complexity index is 830. The van der Waals surface area contributed by atoms with Crippen molar-refractivity contribution in [1.82, 2.24) is 10.2 Å². The molecule has 2 fully saturated rings. The predicted molar refractivity (Wildman–Crippen MR) is 108 cm³/mol. The van der Waals surface area contributed by atoms with Crippen molar-refractivity contribution in [2.45, 2.75) is 56.7 Å². The van der Waals surface area contributed by atoms with E-state index >= 15 is 0 Å². The largest absolute Gasteiger partial charge is 0.416 e. The number of guanidine groups is 1. The van der Waals surface area contributed by atoms with Crippen LogP contribution >= 0.6 is 0 Å². The Morgan fingerprint density at radius 2 is 1.90 bits per heavy atom. The molecule has 1 aromatic rings. The van der Waals surface area contributed by atoms with Gasteiger partial charge in [0.1, 0.15) is 0 Å². The van der Waals surface area contributed by atoms with Gasteiger partial charge in [0.15, 0.2) is 5.96 Å². The molecule has 1 aromatic carbocycles. The molecule has 1 unspecified atom stereocenters. The molecule has 3 rings (SSSR count). The lowest BCUT2D eigenvalue weighted by Crippen LogP contribution is -2.40. The highest BCUT2D eigenvalue weighted by atomic mass is 19.4. The van der Waals surface area contributed by atoms with E-state index in [1.807, 2.05) is 5.32 Å². The number of nitrogens with one attached hydrogen (secondary N) is 2. The quantitative estimate of drug-likeness (QED) is 0.494. The molecule has 1 atom stereocenters. The lowest BCUT2D eigenvalue weighted by molar-refractivity contribution is -0.139. The van der Waals surface area contributed by atoms with Gasteiger partial charge in [-0.3, -0.25) is 20.3 Å². The molecule has 4 N–H and O–H groups in total. The van der Waals surface area contributed by atoms with Crippen LogP contribution in [-0.4, -0.2) is 48.5 Å². The van der Waals surface area contributed by atoms with Crippen LogP contribution in [0.1, 0.15) is 65.9 Å². The number of nitrogens with zero attached hydrogens (tertiary/aromatic N) is 1. The van der Waals surface area contributed by atoms with Gasteiger partial charge in [-0.05, 0) is 55.7 Å². The smallest absolute Gasteiger partial charge is 0.378 e. The predicted octanol–water partition coefficient (Wildman–Crippen LogP) is 2.99. The van der Waals surface area contributed by atoms with Crippen LogP contribution in [0.15, 0.2) is 18.2 Å². The summed E-state index contributed by atoms with van der Waals surface area (Å²) in [4.78, 5) is 26.2. The van der Waals surface area contributed by atoms with E-state index < -0.39 is 23.6 Å². The van der Waals surface area contributed by atoms with Crippen molar-refractivity contribution in [1.29, 1.82) is 5.41 Å². The minimum atomic E-state index is -4.63. The highest BCUT2D eigenvalue weighted by Gasteiger charge is 2.37. The Hall–Kier alpha value is -2.62. The summed E-state index contributed by atoms with van der Waals surface area (Å²) in [6.45, 7) is 1.45. The summed E-state index contributed by atoms with van der Waals surface area (Å²) in [6, 6.07) is 3.42. The molecule has 0 aromatic heterocycles. The summed E-state index contributed by atoms with van der Waals surface area (Å²) >= 11 is 0. The SMILES string of the molecule is N=C(N)NC(=O)c1ccc(C2CCN(C(=O)CC3CCCCO3)CC2)c(C(F)(F)F)c1. The first-order valence-corrected chi connectivity index (χ1v) is 10.4. The summed E-state index contributed by atoms with van der Waals surface area (Å²) < 4.78 is 46.7. The topological polar surface area (TPSA) is 109 Å². The number of hydrogen-bond acceptors (Lipinski definition) is 4. The molecule has 2 aliphatic rings. The lowest BCUT2D eigenvalue weighted by atomic mass is 9.85. The molecule has 2 saturated heterocycles. The van der Waals surface area contributed by atoms with Crippen molar-refractivity contribution in [3.8, 4) is 0 Å². The number of halogens is 3. The zero-order valence-corrected chi connectivity index (χ0v) is 17.1. The maximum atomic E-state index is 13.7. The number of hydrogen-bond donors (Lipinski definition) is 3. The number of benzene rings is 1. The summed E-state index contributed by atoms with van der Waals surface area (Å²) in [5.74, 6) is -1.89. The number of likely N-dealkylation sites (tertiary alicyclic amines) is 1. The van der Waals surface area contributed by atoms with Crippen molar-refractivity contribution >= 4 is 17.8 Å². The minimum absolute atomic E-state index is 0.0161. The Morgan fingerprint density at radius 3 is 2.48 bits per heavy atom. The second kappa shape index (κ2) is 9.67. The molecule has 10 heteroatoms. The summed E-state index contributed by atoms with van der Waals surface area (Å²) in [5.41, 5.74) is 4.12. The van der Waals surface area contributed by atoms with Crippen LogP contribution < -0.4 is 11.1 Å². The average Bonchev–Trinajstić information content (AvgIpc) is 2.73. The summed E-state index contributed by atoms with van der Waals surface area (Å²) in [5, 5.41) is 9.06. The second-order valence-corrected chi connectivity index (χ2v) is 8.02. The van der Waals surface area contributed by atoms with Crippen LogP contribution in [0.5, 0.6) is 0 Å². The van der Waals surface area contributed by atoms with Crippen LogP contribution in [0.4, 0.5) is 13.2 Å². The van der Waals surface area contributed by atoms with E-state index in [1.165, 1.54) is 12.1 Å². The number of carbonyl (C=O) groups is 2. The molecular weight excluding hydrogens is 413 g/mol. The van der Waals surface area contributed by atoms with Crippen LogP contribution in [0.2, 0.25) is 0 Å². The molecule has 170 valence electrons. The van der Waals surface area contributed by atoms with Gasteiger partial charge in [0.25, 0.3) is 5.91 Å². The fourth-order valence-electron chi connectivity index (χ4n) is 4.23. The first-order chi connectivity index (χ1) is 14.6. The zero-order chi connectivity index (χ0) is 22.6. The maximum Gasteiger partial charge on any atom is 0.416 e. The normalized spacial score (nSPS) is 20.4. The van der Waals surface area contributed by atoms with Gasteiger partial charge in [-0.2, -0.15) is 13.2 Å². The molecule has 7 nitrogen and oxygen atoms in total. The van der Waals surface area contributed by atoms with Crippen molar-refractivity contribution in [3.05, 3.63) is 34.9 Å². The van der Waals surface area contributed by atoms with E-state index in [0.29, 0.717) is 39.0 Å². The van der Waals surface area contributed by atoms with E-state index in [2.05, 4.69) is 0 Å². The standard InChI is InChI=1S/C21H27F3N4O3/c22-21(23,24)17-11-14(19(30)27-20(25)26)4-5-16(17)13-6-8-28(9-7-13)18(29)12-15-3-1-2-10-31-15/h4-5,11,13,15H,1-3,6-10,12H2,(H4,25,26,27,30). The molecule has 0 bridgehead atoms. The molecule has 31 heavy (non-hydrogen) atoms. The number of alkyl halides is 3. The van der Waals surface area contributed by atoms with E-state index in [-0.39, 0.29) is 29.1 Å². The highest BCUT2D eigenvalue weighted by molar-refractivity contribution is 6.04. The first kappa shape index (κ1) is 23.1. The average molecular weight is 440 g/mol. The fourth-order valence-corrected chi connectivity index (χ4v) is 4.23. The molecule has 0 radical (unpaired) electrons. The second-order valence-electron chi connectivity index (χ2n) is 8.02. The number of amides is 2. The van der Waals surface area contributed by atoms with Gasteiger partial charge in [0, 0.05) is 25.3 Å². The highest BCUT2D eigenvalue weighted by Crippen LogP contribution is 2.39. The van der Waals surface area contributed by atoms with Crippen molar-refractivity contribution in [2.24, 2.45) is 5.73 Å². The maximum absolute atomic E-state index is 13.7. The minimum Gasteiger partial charge on any atom is -0.378 e. The van der Waals surface area contributed by atoms with E-state index in [9.17, 15) is 22.8 Å². The van der Waals surface area contributed by atoms with Crippen LogP contribution in [-0.2, 0) is 15.7 Å². The fraction of sp³-hybridized carbons (Fsp3) is 0.571. The Labute approximate surface area is 178 Å². The Kier molecular flexibility index (Phi) is 7.19. The van der Waals surface area contributed by atoms with Crippen LogP contribution in [0.3, 0.4) is 0 Å². The van der Waals surface area contributed by atoms with E-state index in [0.717, 1.165) is 25.3 Å². The Balaban J connectivity index is 1.68. The number of carbonyl (C=O) groups excluding carboxylic acids is 2. The van der Waals surface area contributed by atoms with Crippen molar-refractivity contribution in [2.75, 3.05) is 19.7 Å². The molecule has 0 saturated carbocycles. The Morgan fingerprint density at radius 1 is 1.19 bits per heavy atom. The van der Waals surface area contributed by atoms with E-state index in [1.54, 1.807) is 4.90 Å². The van der Waals surface area contributed by atoms with E-state index in [4.69, 9.17) is 15.9 Å². The monoisotopic (exact) mass is 440 g/mol. The van der Waals surface area contributed by atoms with Gasteiger partial charge in [-0.15, -0.1) is 0 Å². The third kappa shape index (κ3) is 5.96. The number of ether oxygens (including phenoxy) is 1. The van der Waals surface area contributed by atoms with Gasteiger partial charge in [-0.25, -0.2) is 0 Å². The van der Waals surface area contributed by atoms with Crippen LogP contribution in [0, 0.1) is 5.41 Å². The van der Waals surface area contributed by atoms with Gasteiger partial charge < -0.3 is 15.4 Å². The lowest BCUT2D eigenvalue weighted by Gasteiger charge is -2.34. The van der Waals surface area contributed by atoms with Gasteiger partial charge in [0.2, 0.25) is 5.91 Å². The van der Waals surface area contributed by atoms with Crippen LogP contribution in [0.25, 0.3) is 0 Å². The molecular formula is C21H27F3N4O3. The first-order valence-electron chi connectivity index (χ1n) is 10.4. The van der Waals surface area contributed by atoms with Gasteiger partial charge in [0.05, 0.1) is 18.1 Å². The zero-order valence-electron chi connectivity index (χ0n) is 17.1. The number of piperidine rings is 1. The third-order valence-electron chi connectivity index (χ3n) is 5.83. The summed E-state index contributed by atoms with van der Waals surface area (Å²) in [7, 11) is 0. The molecule has 2 heterocycles. The molecule has 2 aliphatic heterocycles. The van der Waals surface area contributed by atoms with Gasteiger partial charge >= 0.3 is 6.18 Å². The number of rotatable bonds is 4. The molecule has 0 spiro atoms. The third-order valence-corrected chi connectivity index (χ3v) is 5.83. The molecule has 0 aliphatic carbocycles. The number of nitrogens with two attached hydrogens (primary N) is 1. The molecule has 2 amide bonds. The van der Waals surface area contributed by atoms with Gasteiger partial charge in [-0.1, -0.05) is 6.07 Å². The van der Waals surface area contributed by atoms with Crippen molar-refractivity contribution < 1.29 is 27.5 Å². The summed E-state index contributed by atoms with van der Waals surface area (Å²) in [6.07, 6.45) is -0.636.